The number of nitrogens with zero attached hydrogens (tertiary/aromatic N) is 4. The minimum Gasteiger partial charge on any atom is -0.362 e. The van der Waals surface area contributed by atoms with Crippen molar-refractivity contribution in [2.75, 3.05) is 39.1 Å². The van der Waals surface area contributed by atoms with Crippen LogP contribution in [0.15, 0.2) is 40.4 Å². The molecular weight excluding hydrogens is 418 g/mol. The number of fused-ring (bicyclic) bond motifs is 1. The van der Waals surface area contributed by atoms with Gasteiger partial charge in [-0.25, -0.2) is 9.97 Å². The maximum Gasteiger partial charge on any atom is 0.139 e. The maximum atomic E-state index is 4.87. The van der Waals surface area contributed by atoms with Crippen LogP contribution in [-0.4, -0.2) is 50.4 Å². The Labute approximate surface area is 207 Å². The summed E-state index contributed by atoms with van der Waals surface area (Å²) in [7, 11) is 5.99. The van der Waals surface area contributed by atoms with E-state index >= 15 is 0 Å². The molecule has 5 nitrogen and oxygen atoms in total. The molecule has 1 saturated carbocycles. The predicted octanol–water partition coefficient (Wildman–Crippen LogP) is 6.23. The number of allylic oxidation sites excluding steroid dienone is 1. The molecule has 0 amide bonds. The molecule has 2 aromatic rings. The number of rotatable bonds is 12. The lowest BCUT2D eigenvalue weighted by molar-refractivity contribution is 0.255. The highest BCUT2D eigenvalue weighted by Crippen LogP contribution is 2.32. The van der Waals surface area contributed by atoms with E-state index in [2.05, 4.69) is 67.4 Å². The number of para-hydroxylation sites is 1. The van der Waals surface area contributed by atoms with Gasteiger partial charge in [0.15, 0.2) is 0 Å². The molecule has 0 atom stereocenters. The number of anilines is 1. The normalized spacial score (nSPS) is 19.6. The highest BCUT2D eigenvalue weighted by Gasteiger charge is 2.21. The average Bonchev–Trinajstić information content (AvgIpc) is 2.84. The van der Waals surface area contributed by atoms with Gasteiger partial charge in [0.1, 0.15) is 11.6 Å². The second kappa shape index (κ2) is 13.6. The van der Waals surface area contributed by atoms with E-state index < -0.39 is 0 Å². The largest absolute Gasteiger partial charge is 0.362 e. The zero-order valence-electron chi connectivity index (χ0n) is 22.1. The highest BCUT2D eigenvalue weighted by molar-refractivity contribution is 5.89. The third kappa shape index (κ3) is 7.63. The Balaban J connectivity index is 1.41. The zero-order chi connectivity index (χ0) is 24.3. The molecule has 0 aliphatic heterocycles. The number of aromatic nitrogens is 2. The number of aliphatic imine (C=N–C) groups is 1. The quantitative estimate of drug-likeness (QED) is 0.379. The molecule has 0 bridgehead atoms. The van der Waals surface area contributed by atoms with Crippen molar-refractivity contribution in [1.29, 1.82) is 0 Å². The summed E-state index contributed by atoms with van der Waals surface area (Å²) < 4.78 is 0. The van der Waals surface area contributed by atoms with Crippen LogP contribution in [0.4, 0.5) is 5.82 Å². The van der Waals surface area contributed by atoms with Crippen LogP contribution < -0.4 is 10.2 Å². The number of benzene rings is 1. The Bertz CT molecular complexity index is 954. The first kappa shape index (κ1) is 26.3. The molecule has 1 aliphatic carbocycles. The van der Waals surface area contributed by atoms with Crippen LogP contribution in [0.1, 0.15) is 71.0 Å². The number of hydrogen-bond acceptors (Lipinski definition) is 5. The summed E-state index contributed by atoms with van der Waals surface area (Å²) >= 11 is 0. The maximum absolute atomic E-state index is 4.87. The molecule has 1 aromatic heterocycles. The second-order valence-corrected chi connectivity index (χ2v) is 10.2. The molecule has 1 N–H and O–H groups in total. The zero-order valence-corrected chi connectivity index (χ0v) is 22.1. The molecule has 1 aromatic carbocycles. The summed E-state index contributed by atoms with van der Waals surface area (Å²) in [4.78, 5) is 16.1. The van der Waals surface area contributed by atoms with Crippen LogP contribution in [0.3, 0.4) is 0 Å². The van der Waals surface area contributed by atoms with Gasteiger partial charge in [-0.2, -0.15) is 0 Å². The first-order valence-corrected chi connectivity index (χ1v) is 13.3. The Morgan fingerprint density at radius 1 is 1.12 bits per heavy atom. The Morgan fingerprint density at radius 2 is 1.85 bits per heavy atom. The van der Waals surface area contributed by atoms with E-state index in [0.29, 0.717) is 0 Å². The number of aryl methyl sites for hydroxylation is 1. The molecule has 1 heterocycles. The van der Waals surface area contributed by atoms with Crippen molar-refractivity contribution in [3.8, 4) is 0 Å². The Kier molecular flexibility index (Phi) is 10.5. The van der Waals surface area contributed by atoms with Crippen molar-refractivity contribution in [3.63, 3.8) is 0 Å². The highest BCUT2D eigenvalue weighted by atomic mass is 15.1. The van der Waals surface area contributed by atoms with Crippen molar-refractivity contribution in [1.82, 2.24) is 15.3 Å². The van der Waals surface area contributed by atoms with Gasteiger partial charge >= 0.3 is 0 Å². The molecule has 34 heavy (non-hydrogen) atoms. The molecule has 3 rings (SSSR count). The summed E-state index contributed by atoms with van der Waals surface area (Å²) in [5.41, 5.74) is 3.89. The van der Waals surface area contributed by atoms with E-state index in [1.165, 1.54) is 56.1 Å². The van der Waals surface area contributed by atoms with Crippen LogP contribution in [0.25, 0.3) is 10.9 Å². The number of nitrogens with one attached hydrogen (secondary N) is 1. The van der Waals surface area contributed by atoms with E-state index in [0.717, 1.165) is 60.3 Å². The first-order valence-electron chi connectivity index (χ1n) is 13.3. The lowest BCUT2D eigenvalue weighted by Crippen LogP contribution is -2.28. The van der Waals surface area contributed by atoms with Gasteiger partial charge in [0, 0.05) is 45.7 Å². The van der Waals surface area contributed by atoms with Crippen molar-refractivity contribution in [3.05, 3.63) is 41.2 Å². The summed E-state index contributed by atoms with van der Waals surface area (Å²) in [5.74, 6) is 3.69. The standard InChI is InChI=1S/C29H45N5/c1-6-10-22(2)25(20-30-3)21-31-19-24-17-15-23(16-18-24)11-9-14-28-32-27-13-8-7-12-26(27)29(33-28)34(4)5/h7-8,12-13,20,23-24,31H,6,9-11,14-19,21H2,1-5H3/b25-22-,30-20?. The van der Waals surface area contributed by atoms with Gasteiger partial charge in [0.05, 0.1) is 5.52 Å². The van der Waals surface area contributed by atoms with Crippen LogP contribution in [0, 0.1) is 11.8 Å². The van der Waals surface area contributed by atoms with Crippen LogP contribution in [0.2, 0.25) is 0 Å². The van der Waals surface area contributed by atoms with Crippen molar-refractivity contribution in [2.45, 2.75) is 71.6 Å². The summed E-state index contributed by atoms with van der Waals surface area (Å²) in [6.07, 6.45) is 13.3. The average molecular weight is 464 g/mol. The minimum atomic E-state index is 0.814. The summed E-state index contributed by atoms with van der Waals surface area (Å²) in [6, 6.07) is 8.34. The van der Waals surface area contributed by atoms with Gasteiger partial charge in [-0.05, 0) is 68.7 Å². The summed E-state index contributed by atoms with van der Waals surface area (Å²) in [6.45, 7) is 6.57. The molecule has 1 aliphatic rings. The van der Waals surface area contributed by atoms with Crippen LogP contribution >= 0.6 is 0 Å². The van der Waals surface area contributed by atoms with Crippen LogP contribution in [0.5, 0.6) is 0 Å². The van der Waals surface area contributed by atoms with Crippen LogP contribution in [-0.2, 0) is 6.42 Å². The third-order valence-corrected chi connectivity index (χ3v) is 7.24. The fraction of sp³-hybridized carbons (Fsp3) is 0.621. The van der Waals surface area contributed by atoms with E-state index in [-0.39, 0.29) is 0 Å². The van der Waals surface area contributed by atoms with Gasteiger partial charge in [-0.3, -0.25) is 4.99 Å². The van der Waals surface area contributed by atoms with Crippen molar-refractivity contribution >= 4 is 22.9 Å². The van der Waals surface area contributed by atoms with Gasteiger partial charge in [0.2, 0.25) is 0 Å². The number of hydrogen-bond donors (Lipinski definition) is 1. The Hall–Kier alpha value is -2.27. The monoisotopic (exact) mass is 463 g/mol. The fourth-order valence-corrected chi connectivity index (χ4v) is 5.24. The van der Waals surface area contributed by atoms with Crippen molar-refractivity contribution < 1.29 is 0 Å². The van der Waals surface area contributed by atoms with Gasteiger partial charge in [-0.1, -0.05) is 50.3 Å². The molecule has 1 fully saturated rings. The second-order valence-electron chi connectivity index (χ2n) is 10.2. The Morgan fingerprint density at radius 3 is 2.56 bits per heavy atom. The third-order valence-electron chi connectivity index (χ3n) is 7.24. The molecular formula is C29H45N5. The van der Waals surface area contributed by atoms with E-state index in [4.69, 9.17) is 9.97 Å². The van der Waals surface area contributed by atoms with E-state index in [9.17, 15) is 0 Å². The van der Waals surface area contributed by atoms with Gasteiger partial charge in [-0.15, -0.1) is 0 Å². The minimum absolute atomic E-state index is 0.814. The molecule has 5 heteroatoms. The molecule has 0 saturated heterocycles. The van der Waals surface area contributed by atoms with Gasteiger partial charge < -0.3 is 10.2 Å². The lowest BCUT2D eigenvalue weighted by atomic mass is 9.80. The first-order chi connectivity index (χ1) is 16.5. The molecule has 0 radical (unpaired) electrons. The fourth-order valence-electron chi connectivity index (χ4n) is 5.24. The van der Waals surface area contributed by atoms with E-state index in [1.807, 2.05) is 13.3 Å². The summed E-state index contributed by atoms with van der Waals surface area (Å²) in [5, 5.41) is 4.85. The smallest absolute Gasteiger partial charge is 0.139 e. The lowest BCUT2D eigenvalue weighted by Gasteiger charge is -2.29. The van der Waals surface area contributed by atoms with E-state index in [1.54, 1.807) is 0 Å². The molecule has 0 unspecified atom stereocenters. The molecule has 0 spiro atoms. The molecule has 186 valence electrons. The van der Waals surface area contributed by atoms with Crippen molar-refractivity contribution in [2.24, 2.45) is 16.8 Å². The predicted molar refractivity (Wildman–Crippen MR) is 147 cm³/mol. The van der Waals surface area contributed by atoms with Gasteiger partial charge in [0.25, 0.3) is 0 Å². The SMILES string of the molecule is CCC/C(C)=C(/C=NC)CNCC1CCC(CCCc2nc(N(C)C)c3ccccc3n2)CC1. The topological polar surface area (TPSA) is 53.4 Å².